The van der Waals surface area contributed by atoms with Gasteiger partial charge < -0.3 is 15.2 Å². The molecule has 1 aromatic carbocycles. The number of carbonyl (C=O) groups is 1. The second kappa shape index (κ2) is 7.24. The number of nitrogens with zero attached hydrogens (tertiary/aromatic N) is 2. The first-order chi connectivity index (χ1) is 14.8. The number of alkyl halides is 2. The van der Waals surface area contributed by atoms with Crippen LogP contribution in [-0.4, -0.2) is 65.5 Å². The van der Waals surface area contributed by atoms with Crippen LogP contribution in [0.5, 0.6) is 0 Å². The molecule has 0 radical (unpaired) electrons. The Balaban J connectivity index is 0.000000250. The van der Waals surface area contributed by atoms with Gasteiger partial charge in [-0.15, -0.1) is 0 Å². The van der Waals surface area contributed by atoms with Crippen molar-refractivity contribution >= 4 is 17.2 Å². The Morgan fingerprint density at radius 3 is 2.68 bits per heavy atom. The average molecular weight is 427 g/mol. The number of benzene rings is 1. The van der Waals surface area contributed by atoms with Crippen molar-refractivity contribution in [1.82, 2.24) is 25.4 Å². The molecule has 3 N–H and O–H groups in total. The smallest absolute Gasteiger partial charge is 0.258 e. The number of fused-ring (bicyclic) bond motifs is 3. The van der Waals surface area contributed by atoms with Crippen molar-refractivity contribution in [2.75, 3.05) is 33.2 Å². The number of nitrogens with one attached hydrogen (secondary N) is 3. The van der Waals surface area contributed by atoms with Crippen LogP contribution in [0.15, 0.2) is 24.3 Å². The molecule has 3 aromatic rings. The standard InChI is InChI=1S/C18H15F2N3O.C5H12N2/c1-17-7-14-11(6-15(17)18(17,19)20)16(23-22-14)13-5-10-4-9(8-24)2-3-12(10)21-13;1-7-4-2-6-3-5-7/h2-5,8,15,21H,6-7H2,1H3,(H,22,23);6H,2-5H2,1H3. The van der Waals surface area contributed by atoms with Gasteiger partial charge in [-0.25, -0.2) is 8.78 Å². The number of rotatable bonds is 2. The van der Waals surface area contributed by atoms with Crippen molar-refractivity contribution in [1.29, 1.82) is 0 Å². The lowest BCUT2D eigenvalue weighted by atomic mass is 9.87. The summed E-state index contributed by atoms with van der Waals surface area (Å²) in [7, 11) is 2.15. The zero-order chi connectivity index (χ0) is 21.8. The van der Waals surface area contributed by atoms with Crippen molar-refractivity contribution in [2.24, 2.45) is 11.3 Å². The summed E-state index contributed by atoms with van der Waals surface area (Å²) in [5.41, 5.74) is 3.76. The summed E-state index contributed by atoms with van der Waals surface area (Å²) in [5, 5.41) is 11.5. The molecule has 0 spiro atoms. The maximum absolute atomic E-state index is 14.0. The van der Waals surface area contributed by atoms with Gasteiger partial charge >= 0.3 is 0 Å². The number of H-pyrrole nitrogens is 2. The van der Waals surface area contributed by atoms with Crippen LogP contribution >= 0.6 is 0 Å². The van der Waals surface area contributed by atoms with Crippen LogP contribution in [0.2, 0.25) is 0 Å². The number of carbonyl (C=O) groups excluding carboxylic acids is 1. The third kappa shape index (κ3) is 3.29. The molecular weight excluding hydrogens is 400 g/mol. The van der Waals surface area contributed by atoms with Crippen LogP contribution in [0, 0.1) is 11.3 Å². The molecule has 2 unspecified atom stereocenters. The summed E-state index contributed by atoms with van der Waals surface area (Å²) >= 11 is 0. The molecule has 2 fully saturated rings. The van der Waals surface area contributed by atoms with E-state index in [-0.39, 0.29) is 0 Å². The summed E-state index contributed by atoms with van der Waals surface area (Å²) in [5.74, 6) is -3.19. The summed E-state index contributed by atoms with van der Waals surface area (Å²) < 4.78 is 28.1. The number of aromatic amines is 2. The molecule has 6 nitrogen and oxygen atoms in total. The van der Waals surface area contributed by atoms with Gasteiger partial charge in [0, 0.05) is 71.7 Å². The van der Waals surface area contributed by atoms with E-state index in [2.05, 4.69) is 32.4 Å². The minimum Gasteiger partial charge on any atom is -0.353 e. The lowest BCUT2D eigenvalue weighted by Crippen LogP contribution is -2.40. The van der Waals surface area contributed by atoms with Crippen LogP contribution < -0.4 is 5.32 Å². The fourth-order valence-corrected chi connectivity index (χ4v) is 4.96. The van der Waals surface area contributed by atoms with Crippen molar-refractivity contribution in [3.05, 3.63) is 41.1 Å². The van der Waals surface area contributed by atoms with Crippen LogP contribution in [0.3, 0.4) is 0 Å². The number of likely N-dealkylation sites (N-methyl/N-ethyl adjacent to an activating group) is 1. The van der Waals surface area contributed by atoms with Gasteiger partial charge in [0.1, 0.15) is 12.0 Å². The summed E-state index contributed by atoms with van der Waals surface area (Å²) in [4.78, 5) is 16.5. The molecule has 1 saturated heterocycles. The summed E-state index contributed by atoms with van der Waals surface area (Å²) in [6.07, 6.45) is 1.49. The van der Waals surface area contributed by atoms with E-state index in [1.54, 1.807) is 19.1 Å². The molecule has 3 heterocycles. The van der Waals surface area contributed by atoms with Crippen molar-refractivity contribution in [3.8, 4) is 11.4 Å². The maximum Gasteiger partial charge on any atom is 0.258 e. The Kier molecular flexibility index (Phi) is 4.75. The van der Waals surface area contributed by atoms with Crippen LogP contribution in [0.25, 0.3) is 22.3 Å². The molecule has 0 amide bonds. The van der Waals surface area contributed by atoms with Crippen molar-refractivity contribution in [2.45, 2.75) is 25.7 Å². The summed E-state index contributed by atoms with van der Waals surface area (Å²) in [6.45, 7) is 6.40. The van der Waals surface area contributed by atoms with Crippen LogP contribution in [0.4, 0.5) is 8.78 Å². The second-order valence-corrected chi connectivity index (χ2v) is 9.20. The molecule has 6 rings (SSSR count). The van der Waals surface area contributed by atoms with Gasteiger partial charge in [-0.05, 0) is 37.7 Å². The second-order valence-electron chi connectivity index (χ2n) is 9.20. The van der Waals surface area contributed by atoms with Gasteiger partial charge in [0.25, 0.3) is 5.92 Å². The van der Waals surface area contributed by atoms with Gasteiger partial charge in [-0.3, -0.25) is 9.89 Å². The molecule has 31 heavy (non-hydrogen) atoms. The van der Waals surface area contributed by atoms with E-state index < -0.39 is 17.3 Å². The monoisotopic (exact) mass is 427 g/mol. The van der Waals surface area contributed by atoms with E-state index in [0.29, 0.717) is 24.1 Å². The van der Waals surface area contributed by atoms with E-state index in [4.69, 9.17) is 0 Å². The van der Waals surface area contributed by atoms with E-state index in [1.165, 1.54) is 13.1 Å². The highest BCUT2D eigenvalue weighted by Crippen LogP contribution is 2.70. The Hall–Kier alpha value is -2.58. The third-order valence-electron chi connectivity index (χ3n) is 7.17. The lowest BCUT2D eigenvalue weighted by Gasteiger charge is -2.21. The molecule has 1 aliphatic heterocycles. The number of hydrogen-bond donors (Lipinski definition) is 3. The molecule has 8 heteroatoms. The quantitative estimate of drug-likeness (QED) is 0.549. The fourth-order valence-electron chi connectivity index (χ4n) is 4.96. The molecular formula is C23H27F2N5O. The Morgan fingerprint density at radius 1 is 1.23 bits per heavy atom. The Morgan fingerprint density at radius 2 is 2.00 bits per heavy atom. The minimum atomic E-state index is -2.59. The number of halogens is 2. The highest BCUT2D eigenvalue weighted by atomic mass is 19.3. The van der Waals surface area contributed by atoms with Gasteiger partial charge in [-0.1, -0.05) is 6.92 Å². The van der Waals surface area contributed by atoms with Crippen molar-refractivity contribution in [3.63, 3.8) is 0 Å². The number of aldehydes is 1. The van der Waals surface area contributed by atoms with E-state index >= 15 is 0 Å². The first-order valence-corrected chi connectivity index (χ1v) is 10.7. The van der Waals surface area contributed by atoms with Gasteiger partial charge in [0.05, 0.1) is 5.69 Å². The Bertz CT molecular complexity index is 1130. The highest BCUT2D eigenvalue weighted by Gasteiger charge is 2.78. The molecule has 2 atom stereocenters. The minimum absolute atomic E-state index is 0.336. The maximum atomic E-state index is 14.0. The molecule has 164 valence electrons. The molecule has 2 aromatic heterocycles. The zero-order valence-electron chi connectivity index (χ0n) is 17.8. The van der Waals surface area contributed by atoms with Crippen LogP contribution in [0.1, 0.15) is 28.5 Å². The number of piperazine rings is 1. The lowest BCUT2D eigenvalue weighted by molar-refractivity contribution is 0.0631. The van der Waals surface area contributed by atoms with E-state index in [9.17, 15) is 13.6 Å². The first-order valence-electron chi connectivity index (χ1n) is 10.7. The third-order valence-corrected chi connectivity index (χ3v) is 7.17. The first kappa shape index (κ1) is 20.3. The normalized spacial score (nSPS) is 26.5. The Labute approximate surface area is 179 Å². The van der Waals surface area contributed by atoms with Gasteiger partial charge in [0.15, 0.2) is 0 Å². The van der Waals surface area contributed by atoms with Gasteiger partial charge in [-0.2, -0.15) is 5.10 Å². The van der Waals surface area contributed by atoms with Crippen LogP contribution in [-0.2, 0) is 12.8 Å². The van der Waals surface area contributed by atoms with E-state index in [1.807, 2.05) is 12.1 Å². The number of hydrogen-bond acceptors (Lipinski definition) is 4. The predicted molar refractivity (Wildman–Crippen MR) is 116 cm³/mol. The zero-order valence-corrected chi connectivity index (χ0v) is 17.8. The topological polar surface area (TPSA) is 76.8 Å². The molecule has 0 bridgehead atoms. The summed E-state index contributed by atoms with van der Waals surface area (Å²) in [6, 6.07) is 7.30. The highest BCUT2D eigenvalue weighted by molar-refractivity contribution is 5.90. The van der Waals surface area contributed by atoms with Crippen molar-refractivity contribution < 1.29 is 13.6 Å². The molecule has 1 saturated carbocycles. The molecule has 2 aliphatic carbocycles. The fraction of sp³-hybridized carbons (Fsp3) is 0.478. The SMILES string of the molecule is CC12Cc3[nH]nc(-c4cc5cc(C=O)ccc5[nH]4)c3CC1C2(F)F.CN1CCNCC1. The number of aromatic nitrogens is 3. The predicted octanol–water partition coefficient (Wildman–Crippen LogP) is 3.26. The van der Waals surface area contributed by atoms with E-state index in [0.717, 1.165) is 47.2 Å². The average Bonchev–Trinajstić information content (AvgIpc) is 3.15. The van der Waals surface area contributed by atoms with Gasteiger partial charge in [0.2, 0.25) is 0 Å². The molecule has 3 aliphatic rings. The largest absolute Gasteiger partial charge is 0.353 e.